The van der Waals surface area contributed by atoms with Crippen LogP contribution in [0.25, 0.3) is 134 Å². The van der Waals surface area contributed by atoms with E-state index >= 15 is 0 Å². The first-order valence-electron chi connectivity index (χ1n) is 31.9. The molecule has 0 spiro atoms. The lowest BCUT2D eigenvalue weighted by Gasteiger charge is -2.07. The van der Waals surface area contributed by atoms with Gasteiger partial charge in [0.1, 0.15) is 39.6 Å². The van der Waals surface area contributed by atoms with E-state index in [4.69, 9.17) is 81.2 Å². The Morgan fingerprint density at radius 3 is 1.36 bits per heavy atom. The summed E-state index contributed by atoms with van der Waals surface area (Å²) in [6.07, 6.45) is 7.04. The molecule has 0 aliphatic heterocycles. The first-order chi connectivity index (χ1) is 51.9. The lowest BCUT2D eigenvalue weighted by molar-refractivity contribution is 1.11. The van der Waals surface area contributed by atoms with E-state index in [9.17, 15) is 0 Å². The Labute approximate surface area is 665 Å². The van der Waals surface area contributed by atoms with Gasteiger partial charge in [-0.2, -0.15) is 0 Å². The second kappa shape index (κ2) is 35.2. The van der Waals surface area contributed by atoms with Gasteiger partial charge in [0, 0.05) is 66.4 Å². The summed E-state index contributed by atoms with van der Waals surface area (Å²) in [5, 5.41) is 20.2. The zero-order valence-electron chi connectivity index (χ0n) is 54.6. The fraction of sp³-hybridized carbons (Fsp3) is 0. The Kier molecular flexibility index (Phi) is 24.3. The third-order valence-electron chi connectivity index (χ3n) is 15.6. The molecule has 26 heteroatoms. The SMILES string of the molecule is Clc1cc2sccc2cn1.Clc1ccc2ccsc2n1.Clc1cnc2ccsc2n1.Clc1nc(-c2ccc(-c3ccccc3)cc2)c2ccsc2n1.Clc1nc(-c2cccc(-c3ccccc3)c2)c2ccsc2n1.Clc1nc(-c2ccccc2)c2ccsc2n1.Clc1ncc2c(ccn2-c2ccccc2)n1. The monoisotopic (exact) mass is 1630 g/mol. The zero-order valence-corrected chi connectivity index (χ0v) is 64.8. The van der Waals surface area contributed by atoms with Crippen LogP contribution in [0.15, 0.2) is 288 Å². The smallest absolute Gasteiger partial charge is 0.224 e. The molecule has 0 saturated heterocycles. The van der Waals surface area contributed by atoms with Crippen molar-refractivity contribution in [2.75, 3.05) is 0 Å². The third-order valence-corrected chi connectivity index (χ3v) is 21.8. The normalized spacial score (nSPS) is 10.8. The van der Waals surface area contributed by atoms with Crippen LogP contribution >= 0.6 is 149 Å². The number of aromatic nitrogens is 13. The lowest BCUT2D eigenvalue weighted by atomic mass is 10.0. The molecule has 20 rings (SSSR count). The molecule has 518 valence electrons. The molecule has 0 radical (unpaired) electrons. The molecular formula is C80H48Cl7N13S6. The highest BCUT2D eigenvalue weighted by atomic mass is 35.5. The van der Waals surface area contributed by atoms with Crippen LogP contribution in [0.3, 0.4) is 0 Å². The summed E-state index contributed by atoms with van der Waals surface area (Å²) in [7, 11) is 0. The lowest BCUT2D eigenvalue weighted by Crippen LogP contribution is -1.92. The van der Waals surface area contributed by atoms with Gasteiger partial charge in [0.2, 0.25) is 21.1 Å². The third kappa shape index (κ3) is 18.4. The first kappa shape index (κ1) is 73.3. The number of benzene rings is 6. The van der Waals surface area contributed by atoms with Crippen molar-refractivity contribution >= 4 is 222 Å². The van der Waals surface area contributed by atoms with Crippen molar-refractivity contribution in [1.82, 2.24) is 64.4 Å². The van der Waals surface area contributed by atoms with Crippen molar-refractivity contribution < 1.29 is 0 Å². The first-order valence-corrected chi connectivity index (χ1v) is 39.8. The Morgan fingerprint density at radius 2 is 0.736 bits per heavy atom. The van der Waals surface area contributed by atoms with Gasteiger partial charge in [-0.05, 0) is 180 Å². The number of nitrogens with zero attached hydrogens (tertiary/aromatic N) is 13. The quantitative estimate of drug-likeness (QED) is 0.115. The standard InChI is InChI=1S/2C18H11ClN2S.C12H8ClN3.C12H7ClN2S.2C7H4ClNS.C6H3ClN2S/c19-18-20-16(15-9-10-22-17(15)21-18)14-8-4-7-13(11-14)12-5-2-1-3-6-12;19-18-20-16(15-10-11-22-17(15)21-18)14-8-6-13(7-9-14)12-4-2-1-3-5-12;13-12-14-8-11-10(15-12)6-7-16(11)9-4-2-1-3-5-9;13-12-14-10(8-4-2-1-3-5-8)9-6-7-16-11(9)15-12;8-7-3-6-5(4-9-7)1-2-10-6;8-6-2-1-5-3-4-10-7(5)9-6;7-5-3-8-4-1-2-10-6(4)9-5/h2*1-11H;1-8H;1-7H;2*1-4H;1-3H. The fourth-order valence-corrected chi connectivity index (χ4v) is 16.7. The summed E-state index contributed by atoms with van der Waals surface area (Å²) in [5.74, 6) is 0. The molecule has 14 aromatic heterocycles. The van der Waals surface area contributed by atoms with Gasteiger partial charge in [0.05, 0.1) is 46.0 Å². The highest BCUT2D eigenvalue weighted by Crippen LogP contribution is 2.36. The van der Waals surface area contributed by atoms with Crippen LogP contribution in [0.2, 0.25) is 36.6 Å². The minimum absolute atomic E-state index is 0.276. The minimum Gasteiger partial charge on any atom is -0.314 e. The van der Waals surface area contributed by atoms with Crippen molar-refractivity contribution in [3.05, 3.63) is 324 Å². The number of pyridine rings is 2. The molecule has 0 unspecified atom stereocenters. The van der Waals surface area contributed by atoms with E-state index in [1.54, 1.807) is 92.7 Å². The van der Waals surface area contributed by atoms with E-state index in [0.717, 1.165) is 113 Å². The van der Waals surface area contributed by atoms with Crippen LogP contribution in [0.1, 0.15) is 0 Å². The molecule has 0 bridgehead atoms. The molecular weight excluding hydrogens is 1580 g/mol. The Hall–Kier alpha value is -9.65. The molecule has 0 N–H and O–H groups in total. The van der Waals surface area contributed by atoms with E-state index in [2.05, 4.69) is 127 Å². The largest absolute Gasteiger partial charge is 0.314 e. The molecule has 6 aromatic carbocycles. The molecule has 20 aromatic rings. The molecule has 0 aliphatic rings. The van der Waals surface area contributed by atoms with Crippen molar-refractivity contribution in [3.8, 4) is 61.7 Å². The maximum atomic E-state index is 6.07. The molecule has 0 atom stereocenters. The molecule has 0 saturated carbocycles. The van der Waals surface area contributed by atoms with E-state index < -0.39 is 0 Å². The van der Waals surface area contributed by atoms with E-state index in [-0.39, 0.29) is 15.9 Å². The van der Waals surface area contributed by atoms with Crippen LogP contribution in [-0.2, 0) is 0 Å². The molecule has 14 heterocycles. The number of fused-ring (bicyclic) bond motifs is 7. The van der Waals surface area contributed by atoms with Crippen molar-refractivity contribution in [2.24, 2.45) is 0 Å². The summed E-state index contributed by atoms with van der Waals surface area (Å²) in [6, 6.07) is 77.1. The fourth-order valence-electron chi connectivity index (χ4n) is 10.8. The maximum Gasteiger partial charge on any atom is 0.224 e. The number of thiophene rings is 6. The van der Waals surface area contributed by atoms with Gasteiger partial charge in [0.15, 0.2) is 0 Å². The second-order valence-corrected chi connectivity index (χ2v) is 30.3. The molecule has 0 fully saturated rings. The summed E-state index contributed by atoms with van der Waals surface area (Å²) >= 11 is 50.3. The van der Waals surface area contributed by atoms with Crippen molar-refractivity contribution in [2.45, 2.75) is 0 Å². The van der Waals surface area contributed by atoms with E-state index in [0.29, 0.717) is 20.7 Å². The van der Waals surface area contributed by atoms with E-state index in [1.807, 2.05) is 201 Å². The Balaban J connectivity index is 0.000000106. The molecule has 13 nitrogen and oxygen atoms in total. The van der Waals surface area contributed by atoms with Gasteiger partial charge < -0.3 is 4.57 Å². The molecule has 0 amide bonds. The Bertz CT molecular complexity index is 6120. The Morgan fingerprint density at radius 1 is 0.264 bits per heavy atom. The summed E-state index contributed by atoms with van der Waals surface area (Å²) in [4.78, 5) is 54.9. The summed E-state index contributed by atoms with van der Waals surface area (Å²) in [5.41, 5.74) is 14.4. The topological polar surface area (TPSA) is 160 Å². The van der Waals surface area contributed by atoms with Gasteiger partial charge in [-0.3, -0.25) is 4.98 Å². The average Bonchev–Trinajstić information content (AvgIpc) is 1.50. The number of hydrogen-bond acceptors (Lipinski definition) is 18. The minimum atomic E-state index is 0.276. The van der Waals surface area contributed by atoms with Crippen molar-refractivity contribution in [1.29, 1.82) is 0 Å². The highest BCUT2D eigenvalue weighted by Gasteiger charge is 2.14. The molecule has 106 heavy (non-hydrogen) atoms. The molecule has 0 aliphatic carbocycles. The predicted molar refractivity (Wildman–Crippen MR) is 450 cm³/mol. The summed E-state index contributed by atoms with van der Waals surface area (Å²) < 4.78 is 3.23. The van der Waals surface area contributed by atoms with Crippen LogP contribution in [0, 0.1) is 0 Å². The highest BCUT2D eigenvalue weighted by molar-refractivity contribution is 7.18. The summed E-state index contributed by atoms with van der Waals surface area (Å²) in [6.45, 7) is 0. The van der Waals surface area contributed by atoms with Gasteiger partial charge >= 0.3 is 0 Å². The van der Waals surface area contributed by atoms with Gasteiger partial charge in [0.25, 0.3) is 0 Å². The van der Waals surface area contributed by atoms with Crippen LogP contribution in [0.4, 0.5) is 0 Å². The number of halogens is 7. The van der Waals surface area contributed by atoms with Gasteiger partial charge in [-0.1, -0.05) is 186 Å². The van der Waals surface area contributed by atoms with Crippen molar-refractivity contribution in [3.63, 3.8) is 0 Å². The average molecular weight is 1630 g/mol. The maximum absolute atomic E-state index is 6.07. The number of para-hydroxylation sites is 1. The number of rotatable bonds is 6. The number of hydrogen-bond donors (Lipinski definition) is 0. The zero-order chi connectivity index (χ0) is 72.7. The van der Waals surface area contributed by atoms with E-state index in [1.165, 1.54) is 21.4 Å². The van der Waals surface area contributed by atoms with Gasteiger partial charge in [-0.25, -0.2) is 54.8 Å². The van der Waals surface area contributed by atoms with Crippen LogP contribution in [0.5, 0.6) is 0 Å². The van der Waals surface area contributed by atoms with Crippen LogP contribution < -0.4 is 0 Å². The second-order valence-electron chi connectivity index (χ2n) is 22.3. The van der Waals surface area contributed by atoms with Gasteiger partial charge in [-0.15, -0.1) is 68.0 Å². The predicted octanol–water partition coefficient (Wildman–Crippen LogP) is 26.7. The van der Waals surface area contributed by atoms with Crippen LogP contribution in [-0.4, -0.2) is 64.4 Å².